The lowest BCUT2D eigenvalue weighted by Gasteiger charge is -2.10. The monoisotopic (exact) mass is 392 g/mol. The molecule has 3 aromatic rings. The van der Waals surface area contributed by atoms with Crippen molar-refractivity contribution in [1.82, 2.24) is 0 Å². The van der Waals surface area contributed by atoms with Crippen LogP contribution in [0, 0.1) is 17.7 Å². The Morgan fingerprint density at radius 2 is 1.69 bits per heavy atom. The van der Waals surface area contributed by atoms with Crippen LogP contribution in [0.4, 0.5) is 4.39 Å². The van der Waals surface area contributed by atoms with Crippen molar-refractivity contribution in [1.29, 1.82) is 0 Å². The Morgan fingerprint density at radius 1 is 0.931 bits per heavy atom. The molecule has 148 valence electrons. The number of ether oxygens (including phenoxy) is 3. The fourth-order valence-electron chi connectivity index (χ4n) is 3.23. The first kappa shape index (κ1) is 19.0. The summed E-state index contributed by atoms with van der Waals surface area (Å²) in [4.78, 5) is 11.4. The van der Waals surface area contributed by atoms with E-state index in [2.05, 4.69) is 0 Å². The predicted molar refractivity (Wildman–Crippen MR) is 107 cm³/mol. The number of benzene rings is 3. The van der Waals surface area contributed by atoms with Gasteiger partial charge in [0.15, 0.2) is 0 Å². The average molecular weight is 392 g/mol. The highest BCUT2D eigenvalue weighted by Gasteiger charge is 2.44. The summed E-state index contributed by atoms with van der Waals surface area (Å²) >= 11 is 0. The first-order valence-corrected chi connectivity index (χ1v) is 9.47. The summed E-state index contributed by atoms with van der Waals surface area (Å²) in [6.07, 6.45) is 0.804. The van der Waals surface area contributed by atoms with Crippen LogP contribution in [0.1, 0.15) is 6.42 Å². The fourth-order valence-corrected chi connectivity index (χ4v) is 3.23. The van der Waals surface area contributed by atoms with Gasteiger partial charge >= 0.3 is 5.97 Å². The van der Waals surface area contributed by atoms with E-state index in [-0.39, 0.29) is 23.6 Å². The second-order valence-electron chi connectivity index (χ2n) is 7.05. The Kier molecular flexibility index (Phi) is 5.47. The highest BCUT2D eigenvalue weighted by Crippen LogP contribution is 2.39. The number of halogens is 1. The van der Waals surface area contributed by atoms with Crippen molar-refractivity contribution >= 4 is 5.97 Å². The van der Waals surface area contributed by atoms with Gasteiger partial charge in [-0.1, -0.05) is 30.3 Å². The zero-order valence-corrected chi connectivity index (χ0v) is 16.0. The number of rotatable bonds is 7. The van der Waals surface area contributed by atoms with Crippen molar-refractivity contribution in [3.05, 3.63) is 78.6 Å². The van der Waals surface area contributed by atoms with E-state index in [9.17, 15) is 9.18 Å². The lowest BCUT2D eigenvalue weighted by atomic mass is 10.1. The first-order valence-electron chi connectivity index (χ1n) is 9.47. The molecule has 0 aliphatic heterocycles. The van der Waals surface area contributed by atoms with Gasteiger partial charge in [-0.15, -0.1) is 0 Å². The van der Waals surface area contributed by atoms with Crippen LogP contribution in [0.25, 0.3) is 11.1 Å². The molecule has 0 saturated heterocycles. The molecular formula is C24H21FO4. The van der Waals surface area contributed by atoms with E-state index in [1.54, 1.807) is 6.07 Å². The van der Waals surface area contributed by atoms with Gasteiger partial charge in [0.1, 0.15) is 23.1 Å². The maximum absolute atomic E-state index is 14.1. The molecule has 0 N–H and O–H groups in total. The number of hydrogen-bond donors (Lipinski definition) is 0. The Balaban J connectivity index is 1.41. The minimum atomic E-state index is -0.364. The van der Waals surface area contributed by atoms with Crippen LogP contribution < -0.4 is 9.47 Å². The van der Waals surface area contributed by atoms with E-state index in [0.717, 1.165) is 17.5 Å². The van der Waals surface area contributed by atoms with Crippen molar-refractivity contribution in [3.63, 3.8) is 0 Å². The SMILES string of the molecule is COC(=O)C1CC1COc1ccc(-c2cc(F)cc(Oc3ccccc3)c2)cc1. The van der Waals surface area contributed by atoms with Gasteiger partial charge in [-0.2, -0.15) is 0 Å². The molecule has 0 bridgehead atoms. The molecule has 5 heteroatoms. The molecule has 0 heterocycles. The number of para-hydroxylation sites is 1. The molecule has 0 amide bonds. The van der Waals surface area contributed by atoms with Gasteiger partial charge in [0.2, 0.25) is 0 Å². The molecule has 1 fully saturated rings. The second-order valence-corrected chi connectivity index (χ2v) is 7.05. The third-order valence-electron chi connectivity index (χ3n) is 4.93. The summed E-state index contributed by atoms with van der Waals surface area (Å²) in [5, 5.41) is 0. The van der Waals surface area contributed by atoms with Gasteiger partial charge in [0.25, 0.3) is 0 Å². The molecule has 1 saturated carbocycles. The summed E-state index contributed by atoms with van der Waals surface area (Å²) in [7, 11) is 1.40. The predicted octanol–water partition coefficient (Wildman–Crippen LogP) is 5.47. The molecule has 4 nitrogen and oxygen atoms in total. The molecule has 2 unspecified atom stereocenters. The summed E-state index contributed by atoms with van der Waals surface area (Å²) in [5.41, 5.74) is 1.57. The van der Waals surface area contributed by atoms with Crippen LogP contribution in [0.15, 0.2) is 72.8 Å². The fraction of sp³-hybridized carbons (Fsp3) is 0.208. The normalized spacial score (nSPS) is 17.4. The second kappa shape index (κ2) is 8.35. The van der Waals surface area contributed by atoms with Crippen molar-refractivity contribution < 1.29 is 23.4 Å². The van der Waals surface area contributed by atoms with Crippen molar-refractivity contribution in [2.24, 2.45) is 11.8 Å². The summed E-state index contributed by atoms with van der Waals surface area (Å²) < 4.78 is 30.4. The van der Waals surface area contributed by atoms with Gasteiger partial charge in [0.05, 0.1) is 19.6 Å². The number of carbonyl (C=O) groups is 1. The smallest absolute Gasteiger partial charge is 0.309 e. The number of carbonyl (C=O) groups excluding carboxylic acids is 1. The molecule has 0 aromatic heterocycles. The average Bonchev–Trinajstić information content (AvgIpc) is 3.52. The minimum absolute atomic E-state index is 0.0467. The Bertz CT molecular complexity index is 986. The van der Waals surface area contributed by atoms with Crippen molar-refractivity contribution in [3.8, 4) is 28.4 Å². The minimum Gasteiger partial charge on any atom is -0.493 e. The Morgan fingerprint density at radius 3 is 2.41 bits per heavy atom. The van der Waals surface area contributed by atoms with Gasteiger partial charge in [0, 0.05) is 12.0 Å². The largest absolute Gasteiger partial charge is 0.493 e. The highest BCUT2D eigenvalue weighted by atomic mass is 19.1. The quantitative estimate of drug-likeness (QED) is 0.500. The molecular weight excluding hydrogens is 371 g/mol. The van der Waals surface area contributed by atoms with Crippen molar-refractivity contribution in [2.45, 2.75) is 6.42 Å². The topological polar surface area (TPSA) is 44.8 Å². The van der Waals surface area contributed by atoms with E-state index in [1.807, 2.05) is 54.6 Å². The standard InChI is InChI=1S/C24H21FO4/c1-27-24(26)23-13-18(23)15-28-20-9-7-16(8-10-20)17-11-19(25)14-22(12-17)29-21-5-3-2-4-6-21/h2-12,14,18,23H,13,15H2,1H3. The van der Waals surface area contributed by atoms with Crippen LogP contribution in [-0.2, 0) is 9.53 Å². The van der Waals surface area contributed by atoms with Crippen LogP contribution in [-0.4, -0.2) is 19.7 Å². The maximum atomic E-state index is 14.1. The van der Waals surface area contributed by atoms with Gasteiger partial charge in [-0.25, -0.2) is 4.39 Å². The molecule has 0 radical (unpaired) electrons. The third kappa shape index (κ3) is 4.74. The molecule has 0 spiro atoms. The highest BCUT2D eigenvalue weighted by molar-refractivity contribution is 5.75. The summed E-state index contributed by atoms with van der Waals surface area (Å²) in [5.74, 6) is 1.43. The van der Waals surface area contributed by atoms with E-state index >= 15 is 0 Å². The Labute approximate surface area is 168 Å². The van der Waals surface area contributed by atoms with E-state index in [0.29, 0.717) is 23.9 Å². The molecule has 29 heavy (non-hydrogen) atoms. The maximum Gasteiger partial charge on any atom is 0.309 e. The number of methoxy groups -OCH3 is 1. The Hall–Kier alpha value is -3.34. The zero-order chi connectivity index (χ0) is 20.2. The first-order chi connectivity index (χ1) is 14.1. The van der Waals surface area contributed by atoms with Crippen LogP contribution in [0.3, 0.4) is 0 Å². The van der Waals surface area contributed by atoms with Gasteiger partial charge in [-0.05, 0) is 53.9 Å². The summed E-state index contributed by atoms with van der Waals surface area (Å²) in [6, 6.07) is 21.3. The molecule has 1 aliphatic rings. The van der Waals surface area contributed by atoms with Gasteiger partial charge in [-0.3, -0.25) is 4.79 Å². The molecule has 3 aromatic carbocycles. The van der Waals surface area contributed by atoms with Crippen LogP contribution >= 0.6 is 0 Å². The van der Waals surface area contributed by atoms with Gasteiger partial charge < -0.3 is 14.2 Å². The van der Waals surface area contributed by atoms with Crippen LogP contribution in [0.5, 0.6) is 17.2 Å². The lowest BCUT2D eigenvalue weighted by Crippen LogP contribution is -2.08. The molecule has 4 rings (SSSR count). The van der Waals surface area contributed by atoms with Crippen LogP contribution in [0.2, 0.25) is 0 Å². The van der Waals surface area contributed by atoms with E-state index in [1.165, 1.54) is 19.2 Å². The molecule has 2 atom stereocenters. The molecule has 1 aliphatic carbocycles. The third-order valence-corrected chi connectivity index (χ3v) is 4.93. The zero-order valence-electron chi connectivity index (χ0n) is 16.0. The number of esters is 1. The van der Waals surface area contributed by atoms with E-state index < -0.39 is 0 Å². The van der Waals surface area contributed by atoms with Crippen molar-refractivity contribution in [2.75, 3.05) is 13.7 Å². The lowest BCUT2D eigenvalue weighted by molar-refractivity contribution is -0.142. The number of hydrogen-bond acceptors (Lipinski definition) is 4. The van der Waals surface area contributed by atoms with E-state index in [4.69, 9.17) is 14.2 Å². The summed E-state index contributed by atoms with van der Waals surface area (Å²) in [6.45, 7) is 0.480.